The number of carboxylic acids is 1. The van der Waals surface area contributed by atoms with E-state index >= 15 is 0 Å². The number of hydrogen-bond donors (Lipinski definition) is 1. The Balaban J connectivity index is 2.30. The Kier molecular flexibility index (Phi) is 6.49. The molecule has 0 bridgehead atoms. The van der Waals surface area contributed by atoms with Crippen LogP contribution in [-0.4, -0.2) is 57.0 Å². The van der Waals surface area contributed by atoms with Gasteiger partial charge in [0.25, 0.3) is 0 Å². The Bertz CT molecular complexity index is 846. The summed E-state index contributed by atoms with van der Waals surface area (Å²) in [6, 6.07) is 10.1. The predicted octanol–water partition coefficient (Wildman–Crippen LogP) is 3.36. The van der Waals surface area contributed by atoms with Gasteiger partial charge in [0.2, 0.25) is 0 Å². The average Bonchev–Trinajstić information content (AvgIpc) is 3.23. The summed E-state index contributed by atoms with van der Waals surface area (Å²) in [5, 5.41) is 9.85. The van der Waals surface area contributed by atoms with E-state index in [1.54, 1.807) is 28.4 Å². The molecule has 1 aliphatic rings. The van der Waals surface area contributed by atoms with Gasteiger partial charge in [-0.05, 0) is 31.0 Å². The van der Waals surface area contributed by atoms with Gasteiger partial charge < -0.3 is 24.1 Å². The number of aliphatic carboxylic acids is 1. The van der Waals surface area contributed by atoms with Gasteiger partial charge in [-0.25, -0.2) is 0 Å². The maximum atomic E-state index is 12.0. The van der Waals surface area contributed by atoms with Crippen LogP contribution >= 0.6 is 0 Å². The van der Waals surface area contributed by atoms with Crippen molar-refractivity contribution in [3.63, 3.8) is 0 Å². The number of hydrogen-bond acceptors (Lipinski definition) is 6. The minimum atomic E-state index is -0.844. The van der Waals surface area contributed by atoms with Gasteiger partial charge in [-0.1, -0.05) is 18.2 Å². The largest absolute Gasteiger partial charge is 0.496 e. The molecule has 29 heavy (non-hydrogen) atoms. The molecule has 0 saturated carbocycles. The summed E-state index contributed by atoms with van der Waals surface area (Å²) in [4.78, 5) is 14.0. The van der Waals surface area contributed by atoms with Crippen molar-refractivity contribution in [3.8, 4) is 23.0 Å². The Morgan fingerprint density at radius 3 is 2.10 bits per heavy atom. The van der Waals surface area contributed by atoms with E-state index in [1.165, 1.54) is 0 Å². The molecular formula is C22H27NO6. The molecule has 0 spiro atoms. The van der Waals surface area contributed by atoms with Crippen LogP contribution in [0.15, 0.2) is 36.4 Å². The number of likely N-dealkylation sites (tertiary alicyclic amines) is 1. The number of ether oxygens (including phenoxy) is 4. The quantitative estimate of drug-likeness (QED) is 0.727. The highest BCUT2D eigenvalue weighted by Gasteiger charge is 2.40. The van der Waals surface area contributed by atoms with E-state index in [4.69, 9.17) is 18.9 Å². The number of nitrogens with zero attached hydrogens (tertiary/aromatic N) is 1. The van der Waals surface area contributed by atoms with Crippen LogP contribution in [0, 0.1) is 0 Å². The number of carboxylic acid groups (broad SMARTS) is 1. The molecule has 2 unspecified atom stereocenters. The van der Waals surface area contributed by atoms with Crippen molar-refractivity contribution in [1.82, 2.24) is 4.90 Å². The minimum Gasteiger partial charge on any atom is -0.496 e. The summed E-state index contributed by atoms with van der Waals surface area (Å²) in [5.74, 6) is 1.53. The smallest absolute Gasteiger partial charge is 0.320 e. The van der Waals surface area contributed by atoms with Crippen LogP contribution in [0.5, 0.6) is 23.0 Å². The molecule has 1 N–H and O–H groups in total. The third-order valence-corrected chi connectivity index (χ3v) is 5.38. The van der Waals surface area contributed by atoms with Gasteiger partial charge >= 0.3 is 5.97 Å². The highest BCUT2D eigenvalue weighted by molar-refractivity contribution is 5.74. The zero-order chi connectivity index (χ0) is 21.0. The normalized spacial score (nSPS) is 17.6. The molecule has 1 aliphatic heterocycles. The number of benzene rings is 2. The zero-order valence-electron chi connectivity index (χ0n) is 17.2. The van der Waals surface area contributed by atoms with Crippen molar-refractivity contribution in [2.24, 2.45) is 0 Å². The van der Waals surface area contributed by atoms with Gasteiger partial charge in [-0.3, -0.25) is 9.69 Å². The number of para-hydroxylation sites is 1. The first-order valence-electron chi connectivity index (χ1n) is 9.47. The highest BCUT2D eigenvalue weighted by atomic mass is 16.5. The van der Waals surface area contributed by atoms with Gasteiger partial charge in [0.1, 0.15) is 17.5 Å². The van der Waals surface area contributed by atoms with Crippen molar-refractivity contribution >= 4 is 5.97 Å². The SMILES string of the molecule is COc1cccc(C(c2c(OC)cccc2OC)N2CCCC2C(=O)O)c1OC. The molecule has 1 saturated heterocycles. The lowest BCUT2D eigenvalue weighted by Gasteiger charge is -2.34. The summed E-state index contributed by atoms with van der Waals surface area (Å²) >= 11 is 0. The molecular weight excluding hydrogens is 374 g/mol. The Labute approximate surface area is 170 Å². The minimum absolute atomic E-state index is 0.449. The van der Waals surface area contributed by atoms with Crippen LogP contribution in [0.2, 0.25) is 0 Å². The lowest BCUT2D eigenvalue weighted by Crippen LogP contribution is -2.39. The molecule has 1 heterocycles. The van der Waals surface area contributed by atoms with Gasteiger partial charge in [0.15, 0.2) is 11.5 Å². The molecule has 156 valence electrons. The zero-order valence-corrected chi connectivity index (χ0v) is 17.2. The van der Waals surface area contributed by atoms with Gasteiger partial charge in [-0.15, -0.1) is 0 Å². The fourth-order valence-electron chi connectivity index (χ4n) is 4.14. The highest BCUT2D eigenvalue weighted by Crippen LogP contribution is 2.47. The van der Waals surface area contributed by atoms with Gasteiger partial charge in [-0.2, -0.15) is 0 Å². The second-order valence-corrected chi connectivity index (χ2v) is 6.80. The Morgan fingerprint density at radius 1 is 0.966 bits per heavy atom. The molecule has 0 aliphatic carbocycles. The fraction of sp³-hybridized carbons (Fsp3) is 0.409. The van der Waals surface area contributed by atoms with Crippen LogP contribution in [0.1, 0.15) is 30.0 Å². The summed E-state index contributed by atoms with van der Waals surface area (Å²) in [6.07, 6.45) is 1.37. The van der Waals surface area contributed by atoms with E-state index in [-0.39, 0.29) is 0 Å². The molecule has 1 fully saturated rings. The molecule has 2 atom stereocenters. The van der Waals surface area contributed by atoms with Crippen molar-refractivity contribution in [1.29, 1.82) is 0 Å². The predicted molar refractivity (Wildman–Crippen MR) is 108 cm³/mol. The second kappa shape index (κ2) is 9.05. The van der Waals surface area contributed by atoms with Gasteiger partial charge in [0.05, 0.1) is 40.0 Å². The third kappa shape index (κ3) is 3.82. The molecule has 2 aromatic rings. The van der Waals surface area contributed by atoms with E-state index in [9.17, 15) is 9.90 Å². The van der Waals surface area contributed by atoms with E-state index in [1.807, 2.05) is 41.3 Å². The summed E-state index contributed by atoms with van der Waals surface area (Å²) in [7, 11) is 6.35. The van der Waals surface area contributed by atoms with Crippen LogP contribution in [-0.2, 0) is 4.79 Å². The molecule has 7 nitrogen and oxygen atoms in total. The first-order valence-corrected chi connectivity index (χ1v) is 9.47. The van der Waals surface area contributed by atoms with Crippen molar-refractivity contribution in [3.05, 3.63) is 47.5 Å². The third-order valence-electron chi connectivity index (χ3n) is 5.38. The molecule has 2 aromatic carbocycles. The molecule has 7 heteroatoms. The van der Waals surface area contributed by atoms with Crippen LogP contribution < -0.4 is 18.9 Å². The lowest BCUT2D eigenvalue weighted by molar-refractivity contribution is -0.142. The maximum absolute atomic E-state index is 12.0. The monoisotopic (exact) mass is 401 g/mol. The average molecular weight is 401 g/mol. The summed E-state index contributed by atoms with van der Waals surface area (Å²) in [6.45, 7) is 0.628. The fourth-order valence-corrected chi connectivity index (χ4v) is 4.14. The van der Waals surface area contributed by atoms with Crippen molar-refractivity contribution in [2.75, 3.05) is 35.0 Å². The van der Waals surface area contributed by atoms with Crippen LogP contribution in [0.25, 0.3) is 0 Å². The first kappa shape index (κ1) is 20.8. The van der Waals surface area contributed by atoms with E-state index in [0.717, 1.165) is 17.5 Å². The van der Waals surface area contributed by atoms with E-state index in [0.29, 0.717) is 36.0 Å². The molecule has 0 amide bonds. The maximum Gasteiger partial charge on any atom is 0.320 e. The topological polar surface area (TPSA) is 77.5 Å². The number of carbonyl (C=O) groups is 1. The Hall–Kier alpha value is -2.93. The number of methoxy groups -OCH3 is 4. The van der Waals surface area contributed by atoms with Crippen LogP contribution in [0.3, 0.4) is 0 Å². The van der Waals surface area contributed by atoms with Crippen molar-refractivity contribution in [2.45, 2.75) is 24.9 Å². The van der Waals surface area contributed by atoms with Crippen LogP contribution in [0.4, 0.5) is 0 Å². The molecule has 0 aromatic heterocycles. The lowest BCUT2D eigenvalue weighted by atomic mass is 9.93. The van der Waals surface area contributed by atoms with Crippen molar-refractivity contribution < 1.29 is 28.8 Å². The van der Waals surface area contributed by atoms with E-state index < -0.39 is 18.1 Å². The molecule has 3 rings (SSSR count). The number of rotatable bonds is 8. The van der Waals surface area contributed by atoms with Gasteiger partial charge in [0, 0.05) is 12.1 Å². The summed E-state index contributed by atoms with van der Waals surface area (Å²) < 4.78 is 22.5. The standard InChI is InChI=1S/C22H27NO6/c1-26-16-10-6-11-17(27-2)19(16)20(23-13-7-9-15(23)22(24)25)14-8-5-12-18(28-3)21(14)29-4/h5-6,8,10-12,15,20H,7,9,13H2,1-4H3,(H,24,25). The first-order chi connectivity index (χ1) is 14.1. The summed E-state index contributed by atoms with van der Waals surface area (Å²) in [5.41, 5.74) is 1.56. The van der Waals surface area contributed by atoms with E-state index in [2.05, 4.69) is 0 Å². The second-order valence-electron chi connectivity index (χ2n) is 6.80. The Morgan fingerprint density at radius 2 is 1.55 bits per heavy atom. The molecule has 0 radical (unpaired) electrons.